The molecule has 100 valence electrons. The van der Waals surface area contributed by atoms with Crippen LogP contribution in [0.5, 0.6) is 0 Å². The van der Waals surface area contributed by atoms with Crippen molar-refractivity contribution in [3.05, 3.63) is 11.6 Å². The molecule has 0 saturated heterocycles. The summed E-state index contributed by atoms with van der Waals surface area (Å²) in [6.45, 7) is 3.86. The zero-order valence-corrected chi connectivity index (χ0v) is 9.93. The van der Waals surface area contributed by atoms with Crippen molar-refractivity contribution in [1.29, 1.82) is 0 Å². The second kappa shape index (κ2) is 3.96. The minimum Gasteiger partial charge on any atom is -0.349 e. The lowest BCUT2D eigenvalue weighted by Crippen LogP contribution is -2.26. The monoisotopic (exact) mass is 262 g/mol. The average Bonchev–Trinajstić information content (AvgIpc) is 2.70. The van der Waals surface area contributed by atoms with E-state index in [1.54, 1.807) is 0 Å². The first-order valence-electron chi connectivity index (χ1n) is 5.46. The molecule has 2 N–H and O–H groups in total. The number of carbonyl (C=O) groups is 1. The second-order valence-electron chi connectivity index (χ2n) is 5.07. The van der Waals surface area contributed by atoms with Crippen molar-refractivity contribution in [2.75, 3.05) is 0 Å². The van der Waals surface area contributed by atoms with Crippen molar-refractivity contribution in [2.45, 2.75) is 33.0 Å². The lowest BCUT2D eigenvalue weighted by Gasteiger charge is -2.04. The van der Waals surface area contributed by atoms with Gasteiger partial charge in [-0.15, -0.1) is 5.10 Å². The van der Waals surface area contributed by atoms with Gasteiger partial charge in [0.15, 0.2) is 0 Å². The number of aromatic nitrogens is 3. The highest BCUT2D eigenvalue weighted by atomic mass is 19.4. The molecule has 1 atom stereocenters. The number of H-pyrrole nitrogens is 1. The molecule has 1 saturated carbocycles. The quantitative estimate of drug-likeness (QED) is 0.866. The number of hydrogen-bond acceptors (Lipinski definition) is 3. The lowest BCUT2D eigenvalue weighted by atomic mass is 10.1. The van der Waals surface area contributed by atoms with E-state index in [-0.39, 0.29) is 29.6 Å². The van der Waals surface area contributed by atoms with Gasteiger partial charge >= 0.3 is 6.18 Å². The molecule has 0 aromatic carbocycles. The van der Waals surface area contributed by atoms with Gasteiger partial charge in [-0.1, -0.05) is 13.8 Å². The number of carbonyl (C=O) groups excluding carboxylic acids is 1. The van der Waals surface area contributed by atoms with Gasteiger partial charge in [0.2, 0.25) is 5.91 Å². The number of hydrogen-bond donors (Lipinski definition) is 2. The van der Waals surface area contributed by atoms with E-state index in [9.17, 15) is 18.0 Å². The van der Waals surface area contributed by atoms with Crippen LogP contribution in [0, 0.1) is 11.3 Å². The van der Waals surface area contributed by atoms with E-state index in [1.165, 1.54) is 0 Å². The molecule has 1 heterocycles. The largest absolute Gasteiger partial charge is 0.453 e. The molecule has 2 rings (SSSR count). The summed E-state index contributed by atoms with van der Waals surface area (Å²) in [7, 11) is 0. The summed E-state index contributed by atoms with van der Waals surface area (Å²) >= 11 is 0. The Bertz CT molecular complexity index is 466. The third kappa shape index (κ3) is 2.62. The Morgan fingerprint density at radius 3 is 2.61 bits per heavy atom. The molecule has 1 amide bonds. The summed E-state index contributed by atoms with van der Waals surface area (Å²) in [5.41, 5.74) is -0.0113. The number of aromatic amines is 1. The van der Waals surface area contributed by atoms with E-state index in [0.29, 0.717) is 0 Å². The Kier molecular flexibility index (Phi) is 2.83. The summed E-state index contributed by atoms with van der Waals surface area (Å²) < 4.78 is 36.6. The minimum atomic E-state index is -4.57. The summed E-state index contributed by atoms with van der Waals surface area (Å²) in [5.74, 6) is -1.46. The van der Waals surface area contributed by atoms with Crippen molar-refractivity contribution in [3.8, 4) is 0 Å². The first kappa shape index (κ1) is 12.8. The molecule has 1 aromatic heterocycles. The van der Waals surface area contributed by atoms with Crippen LogP contribution in [0.2, 0.25) is 0 Å². The van der Waals surface area contributed by atoms with Gasteiger partial charge in [0, 0.05) is 5.92 Å². The number of alkyl halides is 3. The molecule has 0 aliphatic heterocycles. The van der Waals surface area contributed by atoms with E-state index in [4.69, 9.17) is 0 Å². The van der Waals surface area contributed by atoms with Gasteiger partial charge in [0.25, 0.3) is 5.82 Å². The normalized spacial score (nSPS) is 21.7. The van der Waals surface area contributed by atoms with E-state index in [0.717, 1.165) is 6.42 Å². The molecule has 18 heavy (non-hydrogen) atoms. The van der Waals surface area contributed by atoms with Gasteiger partial charge in [0.1, 0.15) is 5.82 Å². The molecular formula is C10H13F3N4O. The number of nitrogens with one attached hydrogen (secondary N) is 2. The van der Waals surface area contributed by atoms with E-state index in [1.807, 2.05) is 13.8 Å². The average molecular weight is 262 g/mol. The molecular weight excluding hydrogens is 249 g/mol. The molecule has 1 fully saturated rings. The standard InChI is InChI=1S/C10H13F3N4O/c1-9(2)3-5(9)7(18)14-4-6-15-8(17-16-6)10(11,12)13/h5H,3-4H2,1-2H3,(H,14,18)(H,15,16,17). The van der Waals surface area contributed by atoms with Crippen LogP contribution in [0.3, 0.4) is 0 Å². The van der Waals surface area contributed by atoms with E-state index >= 15 is 0 Å². The molecule has 1 aliphatic carbocycles. The van der Waals surface area contributed by atoms with Crippen LogP contribution in [-0.2, 0) is 17.5 Å². The van der Waals surface area contributed by atoms with Gasteiger partial charge < -0.3 is 5.32 Å². The maximum atomic E-state index is 12.2. The fourth-order valence-electron chi connectivity index (χ4n) is 1.71. The Morgan fingerprint density at radius 2 is 2.17 bits per heavy atom. The van der Waals surface area contributed by atoms with Crippen LogP contribution in [0.4, 0.5) is 13.2 Å². The molecule has 1 unspecified atom stereocenters. The van der Waals surface area contributed by atoms with Crippen LogP contribution < -0.4 is 5.32 Å². The zero-order valence-electron chi connectivity index (χ0n) is 9.93. The topological polar surface area (TPSA) is 70.7 Å². The van der Waals surface area contributed by atoms with Gasteiger partial charge in [-0.3, -0.25) is 9.89 Å². The van der Waals surface area contributed by atoms with Gasteiger partial charge in [0.05, 0.1) is 6.54 Å². The second-order valence-corrected chi connectivity index (χ2v) is 5.07. The maximum Gasteiger partial charge on any atom is 0.453 e. The molecule has 0 spiro atoms. The molecule has 1 aromatic rings. The summed E-state index contributed by atoms with van der Waals surface area (Å²) in [4.78, 5) is 14.9. The van der Waals surface area contributed by atoms with Gasteiger partial charge in [-0.2, -0.15) is 13.2 Å². The summed E-state index contributed by atoms with van der Waals surface area (Å²) in [6.07, 6.45) is -3.78. The van der Waals surface area contributed by atoms with Crippen molar-refractivity contribution >= 4 is 5.91 Å². The predicted octanol–water partition coefficient (Wildman–Crippen LogP) is 1.49. The highest BCUT2D eigenvalue weighted by Gasteiger charge is 2.50. The van der Waals surface area contributed by atoms with E-state index in [2.05, 4.69) is 20.5 Å². The third-order valence-corrected chi connectivity index (χ3v) is 3.05. The Labute approximate surface area is 101 Å². The van der Waals surface area contributed by atoms with Crippen molar-refractivity contribution in [1.82, 2.24) is 20.5 Å². The zero-order chi connectivity index (χ0) is 13.6. The van der Waals surface area contributed by atoms with Gasteiger partial charge in [-0.05, 0) is 11.8 Å². The number of rotatable bonds is 3. The maximum absolute atomic E-state index is 12.2. The minimum absolute atomic E-state index is 0.00543. The number of amides is 1. The third-order valence-electron chi connectivity index (χ3n) is 3.05. The Hall–Kier alpha value is -1.60. The Balaban J connectivity index is 1.88. The highest BCUT2D eigenvalue weighted by molar-refractivity contribution is 5.82. The summed E-state index contributed by atoms with van der Waals surface area (Å²) in [6, 6.07) is 0. The fraction of sp³-hybridized carbons (Fsp3) is 0.700. The van der Waals surface area contributed by atoms with Crippen molar-refractivity contribution in [2.24, 2.45) is 11.3 Å². The molecule has 5 nitrogen and oxygen atoms in total. The SMILES string of the molecule is CC1(C)CC1C(=O)NCc1nc(C(F)(F)F)n[nH]1. The van der Waals surface area contributed by atoms with Crippen LogP contribution >= 0.6 is 0 Å². The summed E-state index contributed by atoms with van der Waals surface area (Å²) in [5, 5.41) is 7.74. The highest BCUT2D eigenvalue weighted by Crippen LogP contribution is 2.51. The lowest BCUT2D eigenvalue weighted by molar-refractivity contribution is -0.144. The molecule has 0 radical (unpaired) electrons. The number of nitrogens with zero attached hydrogens (tertiary/aromatic N) is 2. The predicted molar refractivity (Wildman–Crippen MR) is 55.1 cm³/mol. The fourth-order valence-corrected chi connectivity index (χ4v) is 1.71. The Morgan fingerprint density at radius 1 is 1.56 bits per heavy atom. The molecule has 1 aliphatic rings. The smallest absolute Gasteiger partial charge is 0.349 e. The van der Waals surface area contributed by atoms with Crippen LogP contribution in [0.1, 0.15) is 31.9 Å². The van der Waals surface area contributed by atoms with Crippen molar-refractivity contribution < 1.29 is 18.0 Å². The van der Waals surface area contributed by atoms with Crippen LogP contribution in [0.15, 0.2) is 0 Å². The first-order valence-corrected chi connectivity index (χ1v) is 5.46. The van der Waals surface area contributed by atoms with Crippen LogP contribution in [0.25, 0.3) is 0 Å². The van der Waals surface area contributed by atoms with Crippen LogP contribution in [-0.4, -0.2) is 21.1 Å². The first-order chi connectivity index (χ1) is 8.20. The molecule has 8 heteroatoms. The van der Waals surface area contributed by atoms with Crippen molar-refractivity contribution in [3.63, 3.8) is 0 Å². The number of halogens is 3. The van der Waals surface area contributed by atoms with E-state index < -0.39 is 12.0 Å². The van der Waals surface area contributed by atoms with Gasteiger partial charge in [-0.25, -0.2) is 4.98 Å². The molecule has 0 bridgehead atoms.